The molecule has 30 heavy (non-hydrogen) atoms. The number of hydrogen-bond donors (Lipinski definition) is 1. The topological polar surface area (TPSA) is 83.0 Å². The Morgan fingerprint density at radius 2 is 1.83 bits per heavy atom. The molecule has 0 aliphatic heterocycles. The number of aryl methyl sites for hydroxylation is 1. The molecule has 158 valence electrons. The first-order valence-corrected chi connectivity index (χ1v) is 8.68. The molecule has 1 amide bonds. The maximum atomic E-state index is 13.2. The number of rotatable bonds is 5. The number of carbonyl (C=O) groups excluding carboxylic acids is 1. The third kappa shape index (κ3) is 5.30. The van der Waals surface area contributed by atoms with E-state index >= 15 is 0 Å². The van der Waals surface area contributed by atoms with Crippen LogP contribution in [-0.4, -0.2) is 18.5 Å². The van der Waals surface area contributed by atoms with E-state index in [1.54, 1.807) is 12.1 Å². The van der Waals surface area contributed by atoms with Gasteiger partial charge in [0.25, 0.3) is 0 Å². The Balaban J connectivity index is 0.00000320. The van der Waals surface area contributed by atoms with Crippen molar-refractivity contribution in [2.45, 2.75) is 13.1 Å². The SMILES string of the molecule is COc1ccc(C)cc1NC(=O)/C=C/c1ccc(-c2ccccc2C(F)(F)F)o1.O. The van der Waals surface area contributed by atoms with E-state index in [9.17, 15) is 18.0 Å². The molecule has 0 radical (unpaired) electrons. The molecule has 8 heteroatoms. The number of methoxy groups -OCH3 is 1. The van der Waals surface area contributed by atoms with Gasteiger partial charge in [0.2, 0.25) is 5.91 Å². The van der Waals surface area contributed by atoms with Crippen molar-refractivity contribution in [1.29, 1.82) is 0 Å². The van der Waals surface area contributed by atoms with Crippen molar-refractivity contribution in [1.82, 2.24) is 0 Å². The molecule has 1 aromatic heterocycles. The van der Waals surface area contributed by atoms with Gasteiger partial charge >= 0.3 is 6.18 Å². The zero-order valence-corrected chi connectivity index (χ0v) is 16.2. The zero-order chi connectivity index (χ0) is 21.0. The summed E-state index contributed by atoms with van der Waals surface area (Å²) in [5.74, 6) is 0.408. The lowest BCUT2D eigenvalue weighted by molar-refractivity contribution is -0.137. The second kappa shape index (κ2) is 9.32. The highest BCUT2D eigenvalue weighted by atomic mass is 19.4. The molecule has 0 bridgehead atoms. The van der Waals surface area contributed by atoms with E-state index in [4.69, 9.17) is 9.15 Å². The van der Waals surface area contributed by atoms with Gasteiger partial charge in [-0.1, -0.05) is 24.3 Å². The third-order valence-electron chi connectivity index (χ3n) is 4.14. The Morgan fingerprint density at radius 1 is 1.10 bits per heavy atom. The average Bonchev–Trinajstić information content (AvgIpc) is 3.15. The molecular weight excluding hydrogens is 399 g/mol. The number of alkyl halides is 3. The van der Waals surface area contributed by atoms with E-state index in [0.29, 0.717) is 11.4 Å². The average molecular weight is 419 g/mol. The predicted octanol–water partition coefficient (Wildman–Crippen LogP) is 5.11. The van der Waals surface area contributed by atoms with Crippen molar-refractivity contribution in [3.63, 3.8) is 0 Å². The molecule has 5 nitrogen and oxygen atoms in total. The fraction of sp³-hybridized carbons (Fsp3) is 0.136. The maximum absolute atomic E-state index is 13.2. The Bertz CT molecular complexity index is 1050. The summed E-state index contributed by atoms with van der Waals surface area (Å²) < 4.78 is 50.2. The summed E-state index contributed by atoms with van der Waals surface area (Å²) in [6.07, 6.45) is -1.87. The summed E-state index contributed by atoms with van der Waals surface area (Å²) in [6, 6.07) is 13.5. The Kier molecular flexibility index (Phi) is 7.07. The van der Waals surface area contributed by atoms with Gasteiger partial charge in [-0.2, -0.15) is 13.2 Å². The van der Waals surface area contributed by atoms with Crippen molar-refractivity contribution in [2.75, 3.05) is 12.4 Å². The molecule has 0 aliphatic rings. The van der Waals surface area contributed by atoms with E-state index in [2.05, 4.69) is 5.32 Å². The van der Waals surface area contributed by atoms with Gasteiger partial charge < -0.3 is 19.9 Å². The first-order chi connectivity index (χ1) is 13.8. The zero-order valence-electron chi connectivity index (χ0n) is 16.2. The quantitative estimate of drug-likeness (QED) is 0.584. The Hall–Kier alpha value is -3.52. The van der Waals surface area contributed by atoms with E-state index in [1.165, 1.54) is 49.6 Å². The van der Waals surface area contributed by atoms with Crippen LogP contribution in [0.25, 0.3) is 17.4 Å². The number of carbonyl (C=O) groups is 1. The number of furan rings is 1. The standard InChI is InChI=1S/C22H18F3NO3.H2O/c1-14-7-10-20(28-2)18(13-14)26-21(27)12-9-15-8-11-19(29-15)16-5-3-4-6-17(16)22(23,24)25;/h3-13H,1-2H3,(H,26,27);1H2/b12-9+;. The largest absolute Gasteiger partial charge is 0.495 e. The summed E-state index contributed by atoms with van der Waals surface area (Å²) in [6.45, 7) is 1.88. The molecule has 0 atom stereocenters. The lowest BCUT2D eigenvalue weighted by Gasteiger charge is -2.10. The van der Waals surface area contributed by atoms with Crippen molar-refractivity contribution >= 4 is 17.7 Å². The van der Waals surface area contributed by atoms with Crippen LogP contribution in [0.15, 0.2) is 65.1 Å². The van der Waals surface area contributed by atoms with Gasteiger partial charge in [-0.05, 0) is 48.9 Å². The summed E-state index contributed by atoms with van der Waals surface area (Å²) in [5, 5.41) is 2.70. The maximum Gasteiger partial charge on any atom is 0.417 e. The molecule has 0 unspecified atom stereocenters. The van der Waals surface area contributed by atoms with Gasteiger partial charge in [-0.25, -0.2) is 0 Å². The van der Waals surface area contributed by atoms with Crippen LogP contribution in [0.5, 0.6) is 5.75 Å². The summed E-state index contributed by atoms with van der Waals surface area (Å²) in [4.78, 5) is 12.2. The van der Waals surface area contributed by atoms with E-state index < -0.39 is 17.6 Å². The minimum absolute atomic E-state index is 0. The van der Waals surface area contributed by atoms with Crippen LogP contribution >= 0.6 is 0 Å². The molecular formula is C22H20F3NO4. The highest BCUT2D eigenvalue weighted by Gasteiger charge is 2.34. The minimum Gasteiger partial charge on any atom is -0.495 e. The summed E-state index contributed by atoms with van der Waals surface area (Å²) >= 11 is 0. The molecule has 1 heterocycles. The second-order valence-corrected chi connectivity index (χ2v) is 6.27. The first-order valence-electron chi connectivity index (χ1n) is 8.68. The molecule has 3 aromatic rings. The van der Waals surface area contributed by atoms with Crippen molar-refractivity contribution in [2.24, 2.45) is 0 Å². The molecule has 0 spiro atoms. The van der Waals surface area contributed by atoms with E-state index in [-0.39, 0.29) is 22.6 Å². The molecule has 0 saturated heterocycles. The molecule has 3 N–H and O–H groups in total. The highest BCUT2D eigenvalue weighted by molar-refractivity contribution is 6.02. The van der Waals surface area contributed by atoms with Gasteiger partial charge in [-0.3, -0.25) is 4.79 Å². The lowest BCUT2D eigenvalue weighted by Crippen LogP contribution is -2.09. The van der Waals surface area contributed by atoms with Crippen LogP contribution in [0.3, 0.4) is 0 Å². The minimum atomic E-state index is -4.49. The van der Waals surface area contributed by atoms with Crippen LogP contribution in [0, 0.1) is 6.92 Å². The number of anilines is 1. The van der Waals surface area contributed by atoms with Crippen molar-refractivity contribution in [3.05, 3.63) is 77.6 Å². The van der Waals surface area contributed by atoms with E-state index in [0.717, 1.165) is 11.6 Å². The van der Waals surface area contributed by atoms with Crippen molar-refractivity contribution < 1.29 is 32.6 Å². The van der Waals surface area contributed by atoms with Gasteiger partial charge in [0.1, 0.15) is 17.3 Å². The number of ether oxygens (including phenoxy) is 1. The van der Waals surface area contributed by atoms with Gasteiger partial charge in [0.15, 0.2) is 0 Å². The van der Waals surface area contributed by atoms with Crippen LogP contribution in [0.4, 0.5) is 18.9 Å². The second-order valence-electron chi connectivity index (χ2n) is 6.27. The van der Waals surface area contributed by atoms with Gasteiger partial charge in [-0.15, -0.1) is 0 Å². The summed E-state index contributed by atoms with van der Waals surface area (Å²) in [5.41, 5.74) is 0.619. The van der Waals surface area contributed by atoms with Crippen LogP contribution in [0.1, 0.15) is 16.9 Å². The van der Waals surface area contributed by atoms with Crippen LogP contribution in [0.2, 0.25) is 0 Å². The fourth-order valence-corrected chi connectivity index (χ4v) is 2.78. The number of halogens is 3. The van der Waals surface area contributed by atoms with Gasteiger partial charge in [0.05, 0.1) is 18.4 Å². The van der Waals surface area contributed by atoms with E-state index in [1.807, 2.05) is 13.0 Å². The molecule has 3 rings (SSSR count). The van der Waals surface area contributed by atoms with Crippen LogP contribution < -0.4 is 10.1 Å². The third-order valence-corrected chi connectivity index (χ3v) is 4.14. The fourth-order valence-electron chi connectivity index (χ4n) is 2.78. The van der Waals surface area contributed by atoms with Crippen LogP contribution in [-0.2, 0) is 11.0 Å². The Morgan fingerprint density at radius 3 is 2.53 bits per heavy atom. The first kappa shape index (κ1) is 22.8. The molecule has 2 aromatic carbocycles. The normalized spacial score (nSPS) is 11.2. The molecule has 0 saturated carbocycles. The monoisotopic (exact) mass is 419 g/mol. The number of amides is 1. The summed E-state index contributed by atoms with van der Waals surface area (Å²) in [7, 11) is 1.50. The molecule has 0 aliphatic carbocycles. The molecule has 0 fully saturated rings. The number of nitrogens with one attached hydrogen (secondary N) is 1. The smallest absolute Gasteiger partial charge is 0.417 e. The van der Waals surface area contributed by atoms with Crippen molar-refractivity contribution in [3.8, 4) is 17.1 Å². The highest BCUT2D eigenvalue weighted by Crippen LogP contribution is 2.37. The lowest BCUT2D eigenvalue weighted by atomic mass is 10.1. The number of hydrogen-bond acceptors (Lipinski definition) is 3. The van der Waals surface area contributed by atoms with Gasteiger partial charge in [0, 0.05) is 11.6 Å². The Labute approximate surface area is 171 Å². The number of benzene rings is 2. The predicted molar refractivity (Wildman–Crippen MR) is 108 cm³/mol.